The van der Waals surface area contributed by atoms with Gasteiger partial charge in [0.25, 0.3) is 0 Å². The van der Waals surface area contributed by atoms with Crippen molar-refractivity contribution >= 4 is 17.9 Å². The van der Waals surface area contributed by atoms with Gasteiger partial charge in [0, 0.05) is 0 Å². The Morgan fingerprint density at radius 1 is 1.05 bits per heavy atom. The molecule has 0 fully saturated rings. The molecule has 6 nitrogen and oxygen atoms in total. The number of carbonyl (C=O) groups excluding carboxylic acids is 2. The van der Waals surface area contributed by atoms with Gasteiger partial charge in [-0.1, -0.05) is 20.8 Å². The Hall–Kier alpha value is -1.59. The van der Waals surface area contributed by atoms with Crippen molar-refractivity contribution in [1.29, 1.82) is 0 Å². The topological polar surface area (TPSA) is 89.9 Å². The van der Waals surface area contributed by atoms with Gasteiger partial charge in [-0.25, -0.2) is 0 Å². The molecular weight excluding hydrogens is 264 g/mol. The predicted molar refractivity (Wildman–Crippen MR) is 72.0 cm³/mol. The van der Waals surface area contributed by atoms with Crippen molar-refractivity contribution < 1.29 is 29.0 Å². The lowest BCUT2D eigenvalue weighted by molar-refractivity contribution is -0.162. The van der Waals surface area contributed by atoms with Gasteiger partial charge in [-0.2, -0.15) is 0 Å². The molecule has 2 unspecified atom stereocenters. The number of ether oxygens (including phenoxy) is 2. The smallest absolute Gasteiger partial charge is 0.311 e. The van der Waals surface area contributed by atoms with E-state index in [1.54, 1.807) is 13.8 Å². The largest absolute Gasteiger partial charge is 0.481 e. The standard InChI is InChI=1S/C14H24O6/c1-6-14(4,5)13(18)20-8-7-19-12(17)10(3)9(2)11(15)16/h9-10H,6-8H2,1-5H3,(H,15,16). The van der Waals surface area contributed by atoms with Gasteiger partial charge in [0.05, 0.1) is 17.3 Å². The Balaban J connectivity index is 4.05. The Labute approximate surface area is 119 Å². The number of carbonyl (C=O) groups is 3. The van der Waals surface area contributed by atoms with Crippen LogP contribution in [0.2, 0.25) is 0 Å². The minimum absolute atomic E-state index is 0.0256. The zero-order valence-corrected chi connectivity index (χ0v) is 12.8. The average Bonchev–Trinajstić information content (AvgIpc) is 2.40. The molecule has 0 saturated carbocycles. The van der Waals surface area contributed by atoms with Gasteiger partial charge in [-0.15, -0.1) is 0 Å². The van der Waals surface area contributed by atoms with Crippen LogP contribution in [0.1, 0.15) is 41.0 Å². The van der Waals surface area contributed by atoms with Gasteiger partial charge < -0.3 is 14.6 Å². The molecule has 0 saturated heterocycles. The zero-order valence-electron chi connectivity index (χ0n) is 12.8. The molecule has 0 aromatic rings. The van der Waals surface area contributed by atoms with E-state index < -0.39 is 29.2 Å². The molecular formula is C14H24O6. The van der Waals surface area contributed by atoms with Crippen LogP contribution in [0, 0.1) is 17.3 Å². The lowest BCUT2D eigenvalue weighted by Crippen LogP contribution is -2.29. The van der Waals surface area contributed by atoms with Crippen LogP contribution in [0.3, 0.4) is 0 Å². The Bertz CT molecular complexity index is 361. The van der Waals surface area contributed by atoms with Gasteiger partial charge in [0.2, 0.25) is 0 Å². The van der Waals surface area contributed by atoms with Gasteiger partial charge in [0.15, 0.2) is 0 Å². The third-order valence-electron chi connectivity index (χ3n) is 3.51. The highest BCUT2D eigenvalue weighted by molar-refractivity contribution is 5.80. The van der Waals surface area contributed by atoms with Crippen LogP contribution < -0.4 is 0 Å². The molecule has 0 heterocycles. The predicted octanol–water partition coefficient (Wildman–Crippen LogP) is 1.87. The van der Waals surface area contributed by atoms with Crippen LogP contribution in [0.15, 0.2) is 0 Å². The van der Waals surface area contributed by atoms with Crippen LogP contribution >= 0.6 is 0 Å². The number of hydrogen-bond acceptors (Lipinski definition) is 5. The monoisotopic (exact) mass is 288 g/mol. The first-order valence-corrected chi connectivity index (χ1v) is 6.70. The molecule has 116 valence electrons. The molecule has 0 aliphatic carbocycles. The maximum Gasteiger partial charge on any atom is 0.311 e. The third-order valence-corrected chi connectivity index (χ3v) is 3.51. The number of aliphatic carboxylic acids is 1. The van der Waals surface area contributed by atoms with E-state index in [0.29, 0.717) is 6.42 Å². The van der Waals surface area contributed by atoms with Gasteiger partial charge in [-0.05, 0) is 20.3 Å². The summed E-state index contributed by atoms with van der Waals surface area (Å²) in [4.78, 5) is 33.9. The molecule has 0 spiro atoms. The molecule has 0 rings (SSSR count). The first kappa shape index (κ1) is 18.4. The summed E-state index contributed by atoms with van der Waals surface area (Å²) >= 11 is 0. The zero-order chi connectivity index (χ0) is 15.9. The fraction of sp³-hybridized carbons (Fsp3) is 0.786. The first-order chi connectivity index (χ1) is 9.13. The number of hydrogen-bond donors (Lipinski definition) is 1. The van der Waals surface area contributed by atoms with Crippen LogP contribution in [-0.4, -0.2) is 36.2 Å². The second-order valence-corrected chi connectivity index (χ2v) is 5.46. The fourth-order valence-electron chi connectivity index (χ4n) is 1.17. The number of esters is 2. The number of carboxylic acids is 1. The summed E-state index contributed by atoms with van der Waals surface area (Å²) in [6, 6.07) is 0. The van der Waals surface area contributed by atoms with Crippen molar-refractivity contribution in [3.8, 4) is 0 Å². The summed E-state index contributed by atoms with van der Waals surface area (Å²) < 4.78 is 9.90. The minimum Gasteiger partial charge on any atom is -0.481 e. The van der Waals surface area contributed by atoms with Crippen molar-refractivity contribution in [1.82, 2.24) is 0 Å². The van der Waals surface area contributed by atoms with Gasteiger partial charge >= 0.3 is 17.9 Å². The average molecular weight is 288 g/mol. The van der Waals surface area contributed by atoms with E-state index >= 15 is 0 Å². The quantitative estimate of drug-likeness (QED) is 0.541. The molecule has 20 heavy (non-hydrogen) atoms. The van der Waals surface area contributed by atoms with E-state index in [0.717, 1.165) is 0 Å². The highest BCUT2D eigenvalue weighted by Crippen LogP contribution is 2.21. The second-order valence-electron chi connectivity index (χ2n) is 5.46. The van der Waals surface area contributed by atoms with E-state index in [1.165, 1.54) is 13.8 Å². The fourth-order valence-corrected chi connectivity index (χ4v) is 1.17. The summed E-state index contributed by atoms with van der Waals surface area (Å²) in [5, 5.41) is 8.79. The molecule has 6 heteroatoms. The SMILES string of the molecule is CCC(C)(C)C(=O)OCCOC(=O)C(C)C(C)C(=O)O. The minimum atomic E-state index is -1.05. The lowest BCUT2D eigenvalue weighted by Gasteiger charge is -2.20. The van der Waals surface area contributed by atoms with Crippen LogP contribution in [-0.2, 0) is 23.9 Å². The van der Waals surface area contributed by atoms with Crippen LogP contribution in [0.5, 0.6) is 0 Å². The molecule has 0 radical (unpaired) electrons. The summed E-state index contributed by atoms with van der Waals surface area (Å²) in [5.74, 6) is -3.56. The van der Waals surface area contributed by atoms with E-state index in [9.17, 15) is 14.4 Å². The third kappa shape index (κ3) is 5.59. The van der Waals surface area contributed by atoms with Gasteiger partial charge in [0.1, 0.15) is 13.2 Å². The summed E-state index contributed by atoms with van der Waals surface area (Å²) in [5.41, 5.74) is -0.560. The molecule has 0 aromatic heterocycles. The Morgan fingerprint density at radius 2 is 1.55 bits per heavy atom. The maximum absolute atomic E-state index is 11.6. The number of rotatable bonds is 8. The maximum atomic E-state index is 11.6. The van der Waals surface area contributed by atoms with E-state index in [1.807, 2.05) is 6.92 Å². The Kier molecular flexibility index (Phi) is 7.24. The van der Waals surface area contributed by atoms with Crippen molar-refractivity contribution in [2.75, 3.05) is 13.2 Å². The normalized spacial score (nSPS) is 14.2. The summed E-state index contributed by atoms with van der Waals surface area (Å²) in [6.07, 6.45) is 0.652. The van der Waals surface area contributed by atoms with Crippen LogP contribution in [0.25, 0.3) is 0 Å². The van der Waals surface area contributed by atoms with E-state index in [-0.39, 0.29) is 19.2 Å². The highest BCUT2D eigenvalue weighted by atomic mass is 16.6. The Morgan fingerprint density at radius 3 is 2.00 bits per heavy atom. The summed E-state index contributed by atoms with van der Waals surface area (Å²) in [6.45, 7) is 8.28. The molecule has 0 aromatic carbocycles. The van der Waals surface area contributed by atoms with Crippen molar-refractivity contribution in [3.63, 3.8) is 0 Å². The molecule has 0 bridgehead atoms. The van der Waals surface area contributed by atoms with E-state index in [2.05, 4.69) is 0 Å². The van der Waals surface area contributed by atoms with Crippen molar-refractivity contribution in [3.05, 3.63) is 0 Å². The first-order valence-electron chi connectivity index (χ1n) is 6.70. The highest BCUT2D eigenvalue weighted by Gasteiger charge is 2.28. The molecule has 1 N–H and O–H groups in total. The van der Waals surface area contributed by atoms with Crippen LogP contribution in [0.4, 0.5) is 0 Å². The van der Waals surface area contributed by atoms with Gasteiger partial charge in [-0.3, -0.25) is 14.4 Å². The summed E-state index contributed by atoms with van der Waals surface area (Å²) in [7, 11) is 0. The van der Waals surface area contributed by atoms with Crippen molar-refractivity contribution in [2.45, 2.75) is 41.0 Å². The molecule has 0 aliphatic heterocycles. The molecule has 0 amide bonds. The molecule has 0 aliphatic rings. The lowest BCUT2D eigenvalue weighted by atomic mass is 9.91. The molecule has 2 atom stereocenters. The van der Waals surface area contributed by atoms with E-state index in [4.69, 9.17) is 14.6 Å². The second kappa shape index (κ2) is 7.87. The van der Waals surface area contributed by atoms with Crippen molar-refractivity contribution in [2.24, 2.45) is 17.3 Å². The number of carboxylic acid groups (broad SMARTS) is 1.